The molecule has 2 amide bonds. The SMILES string of the molecule is COc1ccc(NC(=O)CC[C@@H]2CCCN(C(=O)CCc3scnc3C)C2)cc1Cl. The van der Waals surface area contributed by atoms with Gasteiger partial charge in [-0.1, -0.05) is 11.6 Å². The molecular formula is C22H28ClN3O3S. The molecule has 2 aromatic rings. The first-order chi connectivity index (χ1) is 14.5. The summed E-state index contributed by atoms with van der Waals surface area (Å²) in [6.45, 7) is 3.54. The Hall–Kier alpha value is -2.12. The second-order valence-electron chi connectivity index (χ2n) is 7.65. The highest BCUT2D eigenvalue weighted by atomic mass is 35.5. The number of piperidine rings is 1. The van der Waals surface area contributed by atoms with E-state index in [9.17, 15) is 9.59 Å². The van der Waals surface area contributed by atoms with E-state index in [4.69, 9.17) is 16.3 Å². The van der Waals surface area contributed by atoms with Gasteiger partial charge in [0.2, 0.25) is 11.8 Å². The number of anilines is 1. The van der Waals surface area contributed by atoms with Gasteiger partial charge in [0.25, 0.3) is 0 Å². The predicted octanol–water partition coefficient (Wildman–Crippen LogP) is 4.70. The molecule has 162 valence electrons. The summed E-state index contributed by atoms with van der Waals surface area (Å²) < 4.78 is 5.13. The van der Waals surface area contributed by atoms with Gasteiger partial charge in [0.05, 0.1) is 23.3 Å². The number of aromatic nitrogens is 1. The van der Waals surface area contributed by atoms with Crippen molar-refractivity contribution in [1.82, 2.24) is 9.88 Å². The van der Waals surface area contributed by atoms with Crippen molar-refractivity contribution in [3.8, 4) is 5.75 Å². The molecule has 0 saturated carbocycles. The van der Waals surface area contributed by atoms with Crippen molar-refractivity contribution >= 4 is 40.4 Å². The van der Waals surface area contributed by atoms with Crippen LogP contribution in [0.3, 0.4) is 0 Å². The van der Waals surface area contributed by atoms with Crippen LogP contribution >= 0.6 is 22.9 Å². The summed E-state index contributed by atoms with van der Waals surface area (Å²) in [5, 5.41) is 3.35. The average Bonchev–Trinajstić information content (AvgIpc) is 3.15. The smallest absolute Gasteiger partial charge is 0.224 e. The summed E-state index contributed by atoms with van der Waals surface area (Å²) >= 11 is 7.72. The molecule has 0 spiro atoms. The first-order valence-corrected chi connectivity index (χ1v) is 11.5. The molecule has 1 saturated heterocycles. The lowest BCUT2D eigenvalue weighted by Gasteiger charge is -2.33. The lowest BCUT2D eigenvalue weighted by molar-refractivity contribution is -0.133. The number of carbonyl (C=O) groups is 2. The molecule has 6 nitrogen and oxygen atoms in total. The van der Waals surface area contributed by atoms with E-state index in [0.717, 1.165) is 44.5 Å². The largest absolute Gasteiger partial charge is 0.495 e. The number of thiazole rings is 1. The van der Waals surface area contributed by atoms with Gasteiger partial charge in [-0.15, -0.1) is 11.3 Å². The zero-order valence-corrected chi connectivity index (χ0v) is 19.0. The first-order valence-electron chi connectivity index (χ1n) is 10.3. The van der Waals surface area contributed by atoms with Crippen LogP contribution in [0.2, 0.25) is 5.02 Å². The average molecular weight is 450 g/mol. The maximum atomic E-state index is 12.6. The predicted molar refractivity (Wildman–Crippen MR) is 120 cm³/mol. The van der Waals surface area contributed by atoms with E-state index in [1.807, 2.05) is 17.3 Å². The van der Waals surface area contributed by atoms with Crippen LogP contribution in [0.5, 0.6) is 5.75 Å². The number of rotatable bonds is 8. The minimum absolute atomic E-state index is 0.0413. The number of methoxy groups -OCH3 is 1. The molecule has 0 aliphatic carbocycles. The van der Waals surface area contributed by atoms with Gasteiger partial charge in [0.1, 0.15) is 5.75 Å². The first kappa shape index (κ1) is 22.6. The van der Waals surface area contributed by atoms with Crippen molar-refractivity contribution < 1.29 is 14.3 Å². The Morgan fingerprint density at radius 3 is 2.90 bits per heavy atom. The zero-order chi connectivity index (χ0) is 21.5. The highest BCUT2D eigenvalue weighted by molar-refractivity contribution is 7.09. The van der Waals surface area contributed by atoms with Crippen molar-refractivity contribution in [3.63, 3.8) is 0 Å². The third-order valence-corrected chi connectivity index (χ3v) is 6.79. The van der Waals surface area contributed by atoms with E-state index < -0.39 is 0 Å². The Bertz CT molecular complexity index is 886. The fourth-order valence-corrected chi connectivity index (χ4v) is 4.81. The summed E-state index contributed by atoms with van der Waals surface area (Å²) in [7, 11) is 1.55. The molecule has 2 heterocycles. The number of nitrogens with one attached hydrogen (secondary N) is 1. The highest BCUT2D eigenvalue weighted by Gasteiger charge is 2.24. The molecule has 8 heteroatoms. The number of carbonyl (C=O) groups excluding carboxylic acids is 2. The minimum Gasteiger partial charge on any atom is -0.495 e. The molecule has 0 bridgehead atoms. The van der Waals surface area contributed by atoms with Crippen LogP contribution in [-0.4, -0.2) is 41.9 Å². The molecule has 1 aromatic carbocycles. The zero-order valence-electron chi connectivity index (χ0n) is 17.4. The Morgan fingerprint density at radius 1 is 1.37 bits per heavy atom. The van der Waals surface area contributed by atoms with Crippen LogP contribution in [0.25, 0.3) is 0 Å². The standard InChI is InChI=1S/C22H28ClN3O3S/c1-15-20(30-14-24-15)8-10-22(28)26-11-3-4-16(13-26)5-9-21(27)25-17-6-7-19(29-2)18(23)12-17/h6-7,12,14,16H,3-5,8-11,13H2,1-2H3,(H,25,27)/t16-/m0/s1. The van der Waals surface area contributed by atoms with Crippen LogP contribution in [-0.2, 0) is 16.0 Å². The number of hydrogen-bond donors (Lipinski definition) is 1. The third-order valence-electron chi connectivity index (χ3n) is 5.50. The number of amides is 2. The van der Waals surface area contributed by atoms with Crippen molar-refractivity contribution in [2.24, 2.45) is 5.92 Å². The van der Waals surface area contributed by atoms with E-state index in [2.05, 4.69) is 10.3 Å². The lowest BCUT2D eigenvalue weighted by atomic mass is 9.93. The Balaban J connectivity index is 1.43. The second kappa shape index (κ2) is 10.8. The molecule has 1 aliphatic heterocycles. The van der Waals surface area contributed by atoms with Crippen LogP contribution in [0, 0.1) is 12.8 Å². The number of likely N-dealkylation sites (tertiary alicyclic amines) is 1. The molecule has 0 radical (unpaired) electrons. The van der Waals surface area contributed by atoms with Gasteiger partial charge in [-0.25, -0.2) is 4.98 Å². The summed E-state index contributed by atoms with van der Waals surface area (Å²) in [5.74, 6) is 1.09. The van der Waals surface area contributed by atoms with Gasteiger partial charge >= 0.3 is 0 Å². The molecule has 1 aromatic heterocycles. The fourth-order valence-electron chi connectivity index (χ4n) is 3.77. The van der Waals surface area contributed by atoms with E-state index in [-0.39, 0.29) is 11.8 Å². The Morgan fingerprint density at radius 2 is 2.20 bits per heavy atom. The lowest BCUT2D eigenvalue weighted by Crippen LogP contribution is -2.40. The molecular weight excluding hydrogens is 422 g/mol. The van der Waals surface area contributed by atoms with Crippen molar-refractivity contribution in [1.29, 1.82) is 0 Å². The summed E-state index contributed by atoms with van der Waals surface area (Å²) in [6, 6.07) is 5.19. The van der Waals surface area contributed by atoms with Crippen molar-refractivity contribution in [2.45, 2.75) is 45.4 Å². The van der Waals surface area contributed by atoms with Gasteiger partial charge < -0.3 is 15.0 Å². The van der Waals surface area contributed by atoms with Crippen LogP contribution in [0.4, 0.5) is 5.69 Å². The van der Waals surface area contributed by atoms with Gasteiger partial charge in [-0.05, 0) is 56.7 Å². The van der Waals surface area contributed by atoms with Crippen LogP contribution in [0.1, 0.15) is 42.7 Å². The number of hydrogen-bond acceptors (Lipinski definition) is 5. The third kappa shape index (κ3) is 6.19. The number of nitrogens with zero attached hydrogens (tertiary/aromatic N) is 2. The number of benzene rings is 1. The maximum absolute atomic E-state index is 12.6. The number of halogens is 1. The number of ether oxygens (including phenoxy) is 1. The van der Waals surface area contributed by atoms with E-state index in [1.165, 1.54) is 4.88 Å². The highest BCUT2D eigenvalue weighted by Crippen LogP contribution is 2.28. The summed E-state index contributed by atoms with van der Waals surface area (Å²) in [6.07, 6.45) is 4.52. The summed E-state index contributed by atoms with van der Waals surface area (Å²) in [5.41, 5.74) is 3.51. The molecule has 1 N–H and O–H groups in total. The van der Waals surface area contributed by atoms with E-state index in [1.54, 1.807) is 36.6 Å². The summed E-state index contributed by atoms with van der Waals surface area (Å²) in [4.78, 5) is 32.3. The van der Waals surface area contributed by atoms with Gasteiger partial charge in [0, 0.05) is 36.5 Å². The topological polar surface area (TPSA) is 71.5 Å². The van der Waals surface area contributed by atoms with Crippen molar-refractivity contribution in [2.75, 3.05) is 25.5 Å². The quantitative estimate of drug-likeness (QED) is 0.633. The normalized spacial score (nSPS) is 16.4. The molecule has 1 atom stereocenters. The van der Waals surface area contributed by atoms with E-state index >= 15 is 0 Å². The minimum atomic E-state index is -0.0413. The van der Waals surface area contributed by atoms with Crippen molar-refractivity contribution in [3.05, 3.63) is 39.3 Å². The molecule has 30 heavy (non-hydrogen) atoms. The van der Waals surface area contributed by atoms with Gasteiger partial charge in [0.15, 0.2) is 0 Å². The molecule has 1 fully saturated rings. The second-order valence-corrected chi connectivity index (χ2v) is 8.99. The van der Waals surface area contributed by atoms with Gasteiger partial charge in [-0.3, -0.25) is 9.59 Å². The van der Waals surface area contributed by atoms with Crippen LogP contribution < -0.4 is 10.1 Å². The maximum Gasteiger partial charge on any atom is 0.224 e. The van der Waals surface area contributed by atoms with E-state index in [0.29, 0.717) is 35.2 Å². The fraction of sp³-hybridized carbons (Fsp3) is 0.500. The number of aryl methyl sites for hydroxylation is 2. The van der Waals surface area contributed by atoms with Gasteiger partial charge in [-0.2, -0.15) is 0 Å². The monoisotopic (exact) mass is 449 g/mol. The molecule has 1 aliphatic rings. The Labute approximate surface area is 186 Å². The molecule has 3 rings (SSSR count). The Kier molecular flexibility index (Phi) is 8.10. The molecule has 0 unspecified atom stereocenters. The van der Waals surface area contributed by atoms with Crippen LogP contribution in [0.15, 0.2) is 23.7 Å².